The molecule has 9 nitrogen and oxygen atoms in total. The van der Waals surface area contributed by atoms with Crippen molar-refractivity contribution < 1.29 is 19.4 Å². The highest BCUT2D eigenvalue weighted by Gasteiger charge is 2.26. The van der Waals surface area contributed by atoms with Crippen LogP contribution in [0.4, 0.5) is 10.3 Å². The molecule has 0 aliphatic carbocycles. The Labute approximate surface area is 288 Å². The van der Waals surface area contributed by atoms with E-state index in [0.29, 0.717) is 71.0 Å². The Morgan fingerprint density at radius 2 is 1.90 bits per heavy atom. The monoisotopic (exact) mass is 691 g/mol. The molecule has 1 aliphatic heterocycles. The predicted octanol–water partition coefficient (Wildman–Crippen LogP) is 8.19. The number of benzene rings is 3. The van der Waals surface area contributed by atoms with Gasteiger partial charge in [-0.05, 0) is 73.2 Å². The largest absolute Gasteiger partial charge is 0.494 e. The van der Waals surface area contributed by atoms with Crippen LogP contribution in [0, 0.1) is 18.3 Å². The van der Waals surface area contributed by atoms with Crippen LogP contribution in [0.2, 0.25) is 0 Å². The summed E-state index contributed by atoms with van der Waals surface area (Å²) in [6.07, 6.45) is 1.84. The molecule has 0 unspecified atom stereocenters. The third-order valence-electron chi connectivity index (χ3n) is 8.26. The number of carboxylic acids is 1. The van der Waals surface area contributed by atoms with Crippen molar-refractivity contribution in [3.8, 4) is 22.9 Å². The zero-order chi connectivity index (χ0) is 33.2. The molecular weight excluding hydrogens is 663 g/mol. The van der Waals surface area contributed by atoms with Crippen molar-refractivity contribution in [2.75, 3.05) is 23.4 Å². The van der Waals surface area contributed by atoms with Gasteiger partial charge in [-0.1, -0.05) is 47.7 Å². The molecule has 0 spiro atoms. The van der Waals surface area contributed by atoms with E-state index >= 15 is 0 Å². The number of nitrogens with one attached hydrogen (secondary N) is 1. The molecule has 3 aromatic heterocycles. The summed E-state index contributed by atoms with van der Waals surface area (Å²) >= 11 is 4.38. The first-order valence-electron chi connectivity index (χ1n) is 15.3. The minimum absolute atomic E-state index is 0.0615. The van der Waals surface area contributed by atoms with Crippen LogP contribution in [-0.2, 0) is 19.4 Å². The second kappa shape index (κ2) is 13.6. The number of hydrogen-bond acceptors (Lipinski definition) is 10. The Kier molecular flexibility index (Phi) is 8.90. The molecule has 48 heavy (non-hydrogen) atoms. The molecular formula is C36H29N5O4S3. The number of thiophene rings is 1. The molecule has 0 saturated heterocycles. The molecule has 2 N–H and O–H groups in total. The van der Waals surface area contributed by atoms with Crippen molar-refractivity contribution >= 4 is 66.4 Å². The highest BCUT2D eigenvalue weighted by molar-refractivity contribution is 7.22. The number of nitriles is 1. The van der Waals surface area contributed by atoms with Gasteiger partial charge in [0.15, 0.2) is 16.0 Å². The van der Waals surface area contributed by atoms with E-state index in [2.05, 4.69) is 26.3 Å². The number of carbonyl (C=O) groups is 2. The number of fused-ring (bicyclic) bond motifs is 2. The van der Waals surface area contributed by atoms with E-state index in [1.807, 2.05) is 79.0 Å². The molecule has 12 heteroatoms. The summed E-state index contributed by atoms with van der Waals surface area (Å²) in [5, 5.41) is 25.6. The van der Waals surface area contributed by atoms with Gasteiger partial charge >= 0.3 is 5.97 Å². The van der Waals surface area contributed by atoms with Gasteiger partial charge in [0, 0.05) is 39.4 Å². The van der Waals surface area contributed by atoms with Crippen molar-refractivity contribution in [1.29, 1.82) is 5.26 Å². The molecule has 0 saturated carbocycles. The van der Waals surface area contributed by atoms with Crippen LogP contribution in [0.3, 0.4) is 0 Å². The molecule has 240 valence electrons. The van der Waals surface area contributed by atoms with Crippen LogP contribution < -0.4 is 15.0 Å². The summed E-state index contributed by atoms with van der Waals surface area (Å²) < 4.78 is 6.96. The van der Waals surface area contributed by atoms with Crippen molar-refractivity contribution in [3.05, 3.63) is 110 Å². The molecule has 6 aromatic rings. The van der Waals surface area contributed by atoms with Crippen LogP contribution in [0.15, 0.2) is 72.1 Å². The Balaban J connectivity index is 1.00. The third kappa shape index (κ3) is 6.40. The van der Waals surface area contributed by atoms with E-state index in [1.54, 1.807) is 11.3 Å². The maximum absolute atomic E-state index is 13.4. The first-order chi connectivity index (χ1) is 23.4. The standard InChI is InChI=1S/C36H29N5O4S3/c1-21-26(18-37)28(20-46-21)23-11-13-24(14-12-23)45-17-5-10-31-32(34(43)44)39-36(48-31)41-16-15-22-6-4-7-25(27(22)19-41)33(42)40-35-38-29-8-2-3-9-30(29)47-35/h2-4,6-9,11-14,20H,5,10,15-17,19H2,1H3,(H,43,44)(H,38,40,42). The maximum Gasteiger partial charge on any atom is 0.355 e. The molecule has 0 bridgehead atoms. The first kappa shape index (κ1) is 31.5. The van der Waals surface area contributed by atoms with Gasteiger partial charge in [0.1, 0.15) is 11.8 Å². The highest BCUT2D eigenvalue weighted by atomic mass is 32.1. The Morgan fingerprint density at radius 1 is 1.06 bits per heavy atom. The number of thiazole rings is 2. The lowest BCUT2D eigenvalue weighted by molar-refractivity contribution is 0.0690. The van der Waals surface area contributed by atoms with Gasteiger partial charge in [-0.25, -0.2) is 14.8 Å². The van der Waals surface area contributed by atoms with Crippen LogP contribution in [0.5, 0.6) is 5.75 Å². The smallest absolute Gasteiger partial charge is 0.355 e. The SMILES string of the molecule is Cc1scc(-c2ccc(OCCCc3sc(N4CCc5cccc(C(=O)Nc6nc7ccccc7s6)c5C4)nc3C(=O)O)cc2)c1C#N. The molecule has 7 rings (SSSR count). The quantitative estimate of drug-likeness (QED) is 0.138. The number of anilines is 2. The lowest BCUT2D eigenvalue weighted by Gasteiger charge is -2.29. The van der Waals surface area contributed by atoms with Gasteiger partial charge in [-0.2, -0.15) is 5.26 Å². The minimum atomic E-state index is -1.06. The summed E-state index contributed by atoms with van der Waals surface area (Å²) in [5.41, 5.74) is 6.08. The second-order valence-corrected chi connectivity index (χ2v) is 14.5. The molecule has 1 aliphatic rings. The van der Waals surface area contributed by atoms with E-state index in [4.69, 9.17) is 4.74 Å². The fraction of sp³-hybridized carbons (Fsp3) is 0.194. The number of ether oxygens (including phenoxy) is 1. The number of nitrogens with zero attached hydrogens (tertiary/aromatic N) is 4. The summed E-state index contributed by atoms with van der Waals surface area (Å²) in [6.45, 7) is 3.48. The molecule has 3 aromatic carbocycles. The fourth-order valence-corrected chi connectivity index (χ4v) is 8.62. The molecule has 1 amide bonds. The maximum atomic E-state index is 13.4. The third-order valence-corrected chi connectivity index (χ3v) is 11.3. The number of rotatable bonds is 10. The zero-order valence-electron chi connectivity index (χ0n) is 25.9. The van der Waals surface area contributed by atoms with E-state index < -0.39 is 5.97 Å². The summed E-state index contributed by atoms with van der Waals surface area (Å²) in [4.78, 5) is 38.4. The van der Waals surface area contributed by atoms with E-state index in [9.17, 15) is 20.0 Å². The number of amides is 1. The average Bonchev–Trinajstić information content (AvgIpc) is 3.82. The van der Waals surface area contributed by atoms with Gasteiger partial charge in [-0.15, -0.1) is 22.7 Å². The minimum Gasteiger partial charge on any atom is -0.494 e. The van der Waals surface area contributed by atoms with E-state index in [1.165, 1.54) is 22.7 Å². The Morgan fingerprint density at radius 3 is 2.69 bits per heavy atom. The lowest BCUT2D eigenvalue weighted by atomic mass is 9.94. The molecule has 0 fully saturated rings. The van der Waals surface area contributed by atoms with Crippen LogP contribution in [0.25, 0.3) is 21.3 Å². The van der Waals surface area contributed by atoms with Gasteiger partial charge in [0.2, 0.25) is 0 Å². The molecule has 4 heterocycles. The van der Waals surface area contributed by atoms with Crippen molar-refractivity contribution in [2.24, 2.45) is 0 Å². The van der Waals surface area contributed by atoms with Crippen LogP contribution in [0.1, 0.15) is 53.7 Å². The lowest BCUT2D eigenvalue weighted by Crippen LogP contribution is -2.32. The topological polar surface area (TPSA) is 128 Å². The summed E-state index contributed by atoms with van der Waals surface area (Å²) in [7, 11) is 0. The Hall–Kier alpha value is -5.09. The normalized spacial score (nSPS) is 12.5. The summed E-state index contributed by atoms with van der Waals surface area (Å²) in [5.74, 6) is -0.567. The van der Waals surface area contributed by atoms with Gasteiger partial charge < -0.3 is 14.7 Å². The highest BCUT2D eigenvalue weighted by Crippen LogP contribution is 2.34. The number of aromatic nitrogens is 2. The van der Waals surface area contributed by atoms with Crippen LogP contribution in [-0.4, -0.2) is 40.1 Å². The number of aryl methyl sites for hydroxylation is 2. The number of carboxylic acid groups (broad SMARTS) is 1. The number of hydrogen-bond donors (Lipinski definition) is 2. The zero-order valence-corrected chi connectivity index (χ0v) is 28.3. The first-order valence-corrected chi connectivity index (χ1v) is 17.9. The van der Waals surface area contributed by atoms with Gasteiger partial charge in [-0.3, -0.25) is 10.1 Å². The molecule has 0 atom stereocenters. The van der Waals surface area contributed by atoms with E-state index in [-0.39, 0.29) is 11.6 Å². The predicted molar refractivity (Wildman–Crippen MR) is 191 cm³/mol. The van der Waals surface area contributed by atoms with Crippen molar-refractivity contribution in [2.45, 2.75) is 32.7 Å². The van der Waals surface area contributed by atoms with E-state index in [0.717, 1.165) is 37.3 Å². The molecule has 0 radical (unpaired) electrons. The summed E-state index contributed by atoms with van der Waals surface area (Å²) in [6, 6.07) is 23.5. The van der Waals surface area contributed by atoms with Gasteiger partial charge in [0.05, 0.1) is 22.4 Å². The van der Waals surface area contributed by atoms with Crippen molar-refractivity contribution in [1.82, 2.24) is 9.97 Å². The fourth-order valence-electron chi connectivity index (χ4n) is 5.82. The van der Waals surface area contributed by atoms with Gasteiger partial charge in [0.25, 0.3) is 5.91 Å². The number of carbonyl (C=O) groups excluding carboxylic acids is 1. The van der Waals surface area contributed by atoms with Crippen molar-refractivity contribution in [3.63, 3.8) is 0 Å². The Bertz CT molecular complexity index is 2160. The van der Waals surface area contributed by atoms with Crippen LogP contribution >= 0.6 is 34.0 Å². The number of para-hydroxylation sites is 1. The second-order valence-electron chi connectivity index (χ2n) is 11.3. The average molecular weight is 692 g/mol. The number of aromatic carboxylic acids is 1.